The second kappa shape index (κ2) is 8.29. The van der Waals surface area contributed by atoms with Gasteiger partial charge in [-0.25, -0.2) is 0 Å². The van der Waals surface area contributed by atoms with Crippen LogP contribution in [0, 0.1) is 0 Å². The highest BCUT2D eigenvalue weighted by atomic mass is 32.1. The van der Waals surface area contributed by atoms with Crippen LogP contribution in [0.2, 0.25) is 0 Å². The van der Waals surface area contributed by atoms with E-state index in [4.69, 9.17) is 4.42 Å². The lowest BCUT2D eigenvalue weighted by Crippen LogP contribution is -1.91. The monoisotopic (exact) mass is 526 g/mol. The van der Waals surface area contributed by atoms with E-state index in [0.29, 0.717) is 0 Å². The Balaban J connectivity index is 1.46. The van der Waals surface area contributed by atoms with Crippen molar-refractivity contribution in [1.29, 1.82) is 0 Å². The first-order valence-corrected chi connectivity index (χ1v) is 14.4. The molecule has 2 heterocycles. The fourth-order valence-corrected chi connectivity index (χ4v) is 7.79. The molecule has 0 atom stereocenters. The van der Waals surface area contributed by atoms with Gasteiger partial charge in [0.2, 0.25) is 0 Å². The van der Waals surface area contributed by atoms with Crippen LogP contribution < -0.4 is 0 Å². The first-order valence-electron chi connectivity index (χ1n) is 13.6. The Morgan fingerprint density at radius 2 is 1.12 bits per heavy atom. The van der Waals surface area contributed by atoms with Crippen LogP contribution in [0.4, 0.5) is 0 Å². The number of hydrogen-bond donors (Lipinski definition) is 0. The van der Waals surface area contributed by atoms with Crippen molar-refractivity contribution in [2.45, 2.75) is 0 Å². The standard InChI is InChI=1S/C38H22OS/c1-2-9-24-22-25(17-16-23(24)8-1)35-26-10-3-5-12-28(26)36(29-13-6-4-11-27(29)35)31-14-7-15-33-38(31)37-30-20-21-39-32(30)18-19-34(37)40-33/h1-22H. The van der Waals surface area contributed by atoms with E-state index >= 15 is 0 Å². The van der Waals surface area contributed by atoms with E-state index in [-0.39, 0.29) is 0 Å². The smallest absolute Gasteiger partial charge is 0.134 e. The van der Waals surface area contributed by atoms with Crippen molar-refractivity contribution in [3.8, 4) is 22.3 Å². The lowest BCUT2D eigenvalue weighted by atomic mass is 9.84. The minimum Gasteiger partial charge on any atom is -0.464 e. The molecular formula is C38H22OS. The van der Waals surface area contributed by atoms with Crippen molar-refractivity contribution in [1.82, 2.24) is 0 Å². The third kappa shape index (κ3) is 3.03. The van der Waals surface area contributed by atoms with Gasteiger partial charge in [-0.2, -0.15) is 0 Å². The molecule has 7 aromatic carbocycles. The largest absolute Gasteiger partial charge is 0.464 e. The SMILES string of the molecule is c1ccc2cc(-c3c4ccccc4c(-c4cccc5sc6ccc7occc7c6c45)c4ccccc34)ccc2c1. The number of fused-ring (bicyclic) bond motifs is 8. The summed E-state index contributed by atoms with van der Waals surface area (Å²) in [5.41, 5.74) is 6.04. The average Bonchev–Trinajstić information content (AvgIpc) is 3.64. The second-order valence-corrected chi connectivity index (χ2v) is 11.5. The highest BCUT2D eigenvalue weighted by Crippen LogP contribution is 2.49. The Hall–Kier alpha value is -4.92. The predicted octanol–water partition coefficient (Wildman–Crippen LogP) is 11.6. The summed E-state index contributed by atoms with van der Waals surface area (Å²) in [6, 6.07) is 46.5. The summed E-state index contributed by atoms with van der Waals surface area (Å²) >= 11 is 1.86. The summed E-state index contributed by atoms with van der Waals surface area (Å²) < 4.78 is 8.42. The van der Waals surface area contributed by atoms with E-state index in [1.54, 1.807) is 6.26 Å². The number of furan rings is 1. The lowest BCUT2D eigenvalue weighted by Gasteiger charge is -2.18. The molecule has 0 aliphatic rings. The molecule has 0 aliphatic heterocycles. The zero-order valence-electron chi connectivity index (χ0n) is 21.5. The Morgan fingerprint density at radius 1 is 0.450 bits per heavy atom. The van der Waals surface area contributed by atoms with Crippen molar-refractivity contribution in [2.75, 3.05) is 0 Å². The number of rotatable bonds is 2. The van der Waals surface area contributed by atoms with Gasteiger partial charge in [0.25, 0.3) is 0 Å². The van der Waals surface area contributed by atoms with Crippen LogP contribution in [0.3, 0.4) is 0 Å². The highest BCUT2D eigenvalue weighted by molar-refractivity contribution is 7.26. The van der Waals surface area contributed by atoms with Gasteiger partial charge in [-0.15, -0.1) is 11.3 Å². The first-order chi connectivity index (χ1) is 19.8. The highest BCUT2D eigenvalue weighted by Gasteiger charge is 2.20. The molecule has 1 nitrogen and oxygen atoms in total. The third-order valence-corrected chi connectivity index (χ3v) is 9.45. The lowest BCUT2D eigenvalue weighted by molar-refractivity contribution is 0.616. The molecule has 0 fully saturated rings. The molecule has 9 aromatic rings. The van der Waals surface area contributed by atoms with Crippen LogP contribution >= 0.6 is 11.3 Å². The fourth-order valence-electron chi connectivity index (χ4n) is 6.64. The number of thiophene rings is 1. The first kappa shape index (κ1) is 22.0. The van der Waals surface area contributed by atoms with Gasteiger partial charge in [0, 0.05) is 25.6 Å². The van der Waals surface area contributed by atoms with E-state index in [2.05, 4.69) is 127 Å². The molecule has 0 unspecified atom stereocenters. The topological polar surface area (TPSA) is 13.1 Å². The summed E-state index contributed by atoms with van der Waals surface area (Å²) in [7, 11) is 0. The molecule has 0 radical (unpaired) electrons. The van der Waals surface area contributed by atoms with Crippen LogP contribution in [-0.2, 0) is 0 Å². The number of hydrogen-bond acceptors (Lipinski definition) is 2. The van der Waals surface area contributed by atoms with Gasteiger partial charge >= 0.3 is 0 Å². The molecule has 2 heteroatoms. The zero-order chi connectivity index (χ0) is 26.2. The molecule has 0 saturated carbocycles. The van der Waals surface area contributed by atoms with Gasteiger partial charge < -0.3 is 4.42 Å². The Kier molecular flexibility index (Phi) is 4.55. The summed E-state index contributed by atoms with van der Waals surface area (Å²) in [4.78, 5) is 0. The van der Waals surface area contributed by atoms with E-state index < -0.39 is 0 Å². The quantitative estimate of drug-likeness (QED) is 0.204. The molecule has 0 bridgehead atoms. The van der Waals surface area contributed by atoms with Crippen molar-refractivity contribution in [3.63, 3.8) is 0 Å². The molecule has 0 spiro atoms. The van der Waals surface area contributed by atoms with Gasteiger partial charge in [-0.05, 0) is 84.9 Å². The van der Waals surface area contributed by atoms with E-state index in [1.165, 1.54) is 80.1 Å². The van der Waals surface area contributed by atoms with Gasteiger partial charge in [0.1, 0.15) is 5.58 Å². The molecule has 186 valence electrons. The van der Waals surface area contributed by atoms with Crippen LogP contribution in [0.5, 0.6) is 0 Å². The Bertz CT molecular complexity index is 2380. The van der Waals surface area contributed by atoms with Crippen LogP contribution in [0.1, 0.15) is 0 Å². The maximum Gasteiger partial charge on any atom is 0.134 e. The van der Waals surface area contributed by atoms with Crippen LogP contribution in [0.15, 0.2) is 138 Å². The molecular weight excluding hydrogens is 504 g/mol. The van der Waals surface area contributed by atoms with E-state index in [1.807, 2.05) is 11.3 Å². The van der Waals surface area contributed by atoms with Crippen LogP contribution in [0.25, 0.3) is 85.7 Å². The van der Waals surface area contributed by atoms with Gasteiger partial charge in [0.05, 0.1) is 6.26 Å². The van der Waals surface area contributed by atoms with Crippen molar-refractivity contribution in [3.05, 3.63) is 134 Å². The average molecular weight is 527 g/mol. The predicted molar refractivity (Wildman–Crippen MR) is 172 cm³/mol. The second-order valence-electron chi connectivity index (χ2n) is 10.5. The van der Waals surface area contributed by atoms with Gasteiger partial charge in [-0.3, -0.25) is 0 Å². The Morgan fingerprint density at radius 3 is 1.90 bits per heavy atom. The Labute approximate surface area is 234 Å². The van der Waals surface area contributed by atoms with Crippen molar-refractivity contribution >= 4 is 74.8 Å². The summed E-state index contributed by atoms with van der Waals surface area (Å²) in [6.45, 7) is 0. The number of benzene rings is 7. The molecule has 0 aliphatic carbocycles. The fraction of sp³-hybridized carbons (Fsp3) is 0. The third-order valence-electron chi connectivity index (χ3n) is 8.33. The van der Waals surface area contributed by atoms with Crippen LogP contribution in [-0.4, -0.2) is 0 Å². The van der Waals surface area contributed by atoms with E-state index in [9.17, 15) is 0 Å². The van der Waals surface area contributed by atoms with E-state index in [0.717, 1.165) is 5.58 Å². The molecule has 40 heavy (non-hydrogen) atoms. The molecule has 0 amide bonds. The zero-order valence-corrected chi connectivity index (χ0v) is 22.3. The molecule has 2 aromatic heterocycles. The molecule has 9 rings (SSSR count). The molecule has 0 N–H and O–H groups in total. The van der Waals surface area contributed by atoms with Crippen molar-refractivity contribution in [2.24, 2.45) is 0 Å². The normalized spacial score (nSPS) is 12.0. The van der Waals surface area contributed by atoms with Gasteiger partial charge in [-0.1, -0.05) is 97.1 Å². The molecule has 0 saturated heterocycles. The maximum atomic E-state index is 5.83. The summed E-state index contributed by atoms with van der Waals surface area (Å²) in [6.07, 6.45) is 1.80. The van der Waals surface area contributed by atoms with Crippen molar-refractivity contribution < 1.29 is 4.42 Å². The summed E-state index contributed by atoms with van der Waals surface area (Å²) in [5.74, 6) is 0. The van der Waals surface area contributed by atoms with Gasteiger partial charge in [0.15, 0.2) is 0 Å². The minimum atomic E-state index is 0.934. The minimum absolute atomic E-state index is 0.934. The summed E-state index contributed by atoms with van der Waals surface area (Å²) in [5, 5.41) is 11.4. The maximum absolute atomic E-state index is 5.83.